The first-order valence-electron chi connectivity index (χ1n) is 8.72. The Labute approximate surface area is 133 Å². The van der Waals surface area contributed by atoms with Gasteiger partial charge in [-0.05, 0) is 69.3 Å². The molecule has 21 heavy (non-hydrogen) atoms. The molecule has 0 atom stereocenters. The van der Waals surface area contributed by atoms with Gasteiger partial charge in [-0.2, -0.15) is 0 Å². The lowest BCUT2D eigenvalue weighted by Gasteiger charge is -2.39. The van der Waals surface area contributed by atoms with Crippen LogP contribution in [0.1, 0.15) is 60.8 Å². The topological polar surface area (TPSA) is 15.3 Å². The van der Waals surface area contributed by atoms with E-state index >= 15 is 0 Å². The lowest BCUT2D eigenvalue weighted by Crippen LogP contribution is -2.38. The van der Waals surface area contributed by atoms with Gasteiger partial charge in [0.1, 0.15) is 0 Å². The van der Waals surface area contributed by atoms with Gasteiger partial charge >= 0.3 is 0 Å². The molecule has 1 aliphatic carbocycles. The molecule has 118 valence electrons. The number of piperidine rings is 1. The van der Waals surface area contributed by atoms with E-state index in [1.165, 1.54) is 67.9 Å². The molecule has 3 heteroatoms. The molecule has 0 amide bonds. The average Bonchev–Trinajstić information content (AvgIpc) is 3.07. The highest BCUT2D eigenvalue weighted by Gasteiger charge is 2.36. The average molecular weight is 307 g/mol. The summed E-state index contributed by atoms with van der Waals surface area (Å²) >= 11 is 1.97. The molecule has 1 aromatic heterocycles. The molecule has 0 bridgehead atoms. The van der Waals surface area contributed by atoms with Crippen LogP contribution in [0.5, 0.6) is 0 Å². The van der Waals surface area contributed by atoms with E-state index in [1.54, 1.807) is 5.56 Å². The number of hydrogen-bond donors (Lipinski definition) is 1. The monoisotopic (exact) mass is 306 g/mol. The normalized spacial score (nSPS) is 22.2. The maximum absolute atomic E-state index is 3.44. The lowest BCUT2D eigenvalue weighted by atomic mass is 9.77. The van der Waals surface area contributed by atoms with Crippen LogP contribution in [0.4, 0.5) is 0 Å². The summed E-state index contributed by atoms with van der Waals surface area (Å²) in [4.78, 5) is 5.70. The van der Waals surface area contributed by atoms with Crippen molar-refractivity contribution in [2.24, 2.45) is 5.41 Å². The van der Waals surface area contributed by atoms with Crippen molar-refractivity contribution in [1.29, 1.82) is 0 Å². The predicted octanol–water partition coefficient (Wildman–Crippen LogP) is 4.32. The predicted molar refractivity (Wildman–Crippen MR) is 91.8 cm³/mol. The molecule has 1 spiro atoms. The Morgan fingerprint density at radius 1 is 1.19 bits per heavy atom. The molecule has 1 saturated carbocycles. The van der Waals surface area contributed by atoms with E-state index in [0.717, 1.165) is 18.5 Å². The third kappa shape index (κ3) is 3.69. The van der Waals surface area contributed by atoms with Gasteiger partial charge < -0.3 is 5.32 Å². The van der Waals surface area contributed by atoms with Crippen molar-refractivity contribution in [2.75, 3.05) is 19.6 Å². The van der Waals surface area contributed by atoms with Crippen LogP contribution < -0.4 is 5.32 Å². The van der Waals surface area contributed by atoms with E-state index in [-0.39, 0.29) is 0 Å². The molecule has 3 rings (SSSR count). The van der Waals surface area contributed by atoms with Crippen LogP contribution in [0.15, 0.2) is 6.07 Å². The number of rotatable bonds is 5. The van der Waals surface area contributed by atoms with Crippen LogP contribution >= 0.6 is 11.3 Å². The first-order valence-corrected chi connectivity index (χ1v) is 9.54. The van der Waals surface area contributed by atoms with Gasteiger partial charge in [-0.25, -0.2) is 0 Å². The fraction of sp³-hybridized carbons (Fsp3) is 0.778. The van der Waals surface area contributed by atoms with E-state index in [1.807, 2.05) is 11.3 Å². The number of nitrogens with zero attached hydrogens (tertiary/aromatic N) is 1. The first-order chi connectivity index (χ1) is 10.2. The summed E-state index contributed by atoms with van der Waals surface area (Å²) in [6.45, 7) is 10.4. The van der Waals surface area contributed by atoms with Gasteiger partial charge in [0.25, 0.3) is 0 Å². The van der Waals surface area contributed by atoms with Crippen molar-refractivity contribution >= 4 is 11.3 Å². The Balaban J connectivity index is 1.54. The zero-order valence-corrected chi connectivity index (χ0v) is 14.5. The van der Waals surface area contributed by atoms with Gasteiger partial charge in [0, 0.05) is 22.8 Å². The zero-order chi connectivity index (χ0) is 14.7. The van der Waals surface area contributed by atoms with Gasteiger partial charge in [-0.1, -0.05) is 19.8 Å². The van der Waals surface area contributed by atoms with Crippen molar-refractivity contribution < 1.29 is 0 Å². The SMILES string of the molecule is CCNCc1cc(CN2CCC3(CCCC3)CC2)c(C)s1. The number of likely N-dealkylation sites (tertiary alicyclic amines) is 1. The molecule has 2 aliphatic rings. The minimum absolute atomic E-state index is 0.746. The number of hydrogen-bond acceptors (Lipinski definition) is 3. The third-order valence-corrected chi connectivity index (χ3v) is 6.69. The summed E-state index contributed by atoms with van der Waals surface area (Å²) in [7, 11) is 0. The number of nitrogens with one attached hydrogen (secondary N) is 1. The van der Waals surface area contributed by atoms with Gasteiger partial charge in [-0.3, -0.25) is 4.90 Å². The Kier molecular flexibility index (Phi) is 5.03. The highest BCUT2D eigenvalue weighted by atomic mass is 32.1. The molecule has 1 aromatic rings. The summed E-state index contributed by atoms with van der Waals surface area (Å²) in [5, 5.41) is 3.44. The summed E-state index contributed by atoms with van der Waals surface area (Å²) in [6.07, 6.45) is 8.87. The van der Waals surface area contributed by atoms with Crippen molar-refractivity contribution in [3.05, 3.63) is 21.4 Å². The fourth-order valence-corrected chi connectivity index (χ4v) is 5.15. The van der Waals surface area contributed by atoms with Crippen LogP contribution in [0.2, 0.25) is 0 Å². The number of thiophene rings is 1. The Morgan fingerprint density at radius 2 is 1.90 bits per heavy atom. The second-order valence-electron chi connectivity index (χ2n) is 7.06. The van der Waals surface area contributed by atoms with Crippen molar-refractivity contribution in [3.63, 3.8) is 0 Å². The summed E-state index contributed by atoms with van der Waals surface area (Å²) in [6, 6.07) is 2.43. The Morgan fingerprint density at radius 3 is 2.57 bits per heavy atom. The summed E-state index contributed by atoms with van der Waals surface area (Å²) in [5.41, 5.74) is 2.31. The molecule has 2 nitrogen and oxygen atoms in total. The molecular weight excluding hydrogens is 276 g/mol. The van der Waals surface area contributed by atoms with Crippen LogP contribution in [0.25, 0.3) is 0 Å². The van der Waals surface area contributed by atoms with E-state index in [9.17, 15) is 0 Å². The van der Waals surface area contributed by atoms with E-state index in [0.29, 0.717) is 0 Å². The molecule has 0 aromatic carbocycles. The van der Waals surface area contributed by atoms with E-state index in [2.05, 4.69) is 30.1 Å². The van der Waals surface area contributed by atoms with E-state index < -0.39 is 0 Å². The molecule has 2 fully saturated rings. The third-order valence-electron chi connectivity index (χ3n) is 5.60. The van der Waals surface area contributed by atoms with Crippen LogP contribution in [0, 0.1) is 12.3 Å². The fourth-order valence-electron chi connectivity index (χ4n) is 4.13. The largest absolute Gasteiger partial charge is 0.312 e. The van der Waals surface area contributed by atoms with Gasteiger partial charge in [0.2, 0.25) is 0 Å². The minimum atomic E-state index is 0.746. The van der Waals surface area contributed by atoms with E-state index in [4.69, 9.17) is 0 Å². The Hall–Kier alpha value is -0.380. The van der Waals surface area contributed by atoms with Gasteiger partial charge in [-0.15, -0.1) is 11.3 Å². The quantitative estimate of drug-likeness (QED) is 0.871. The smallest absolute Gasteiger partial charge is 0.0299 e. The van der Waals surface area contributed by atoms with Crippen molar-refractivity contribution in [3.8, 4) is 0 Å². The summed E-state index contributed by atoms with van der Waals surface area (Å²) < 4.78 is 0. The maximum Gasteiger partial charge on any atom is 0.0299 e. The molecule has 2 heterocycles. The molecule has 1 saturated heterocycles. The van der Waals surface area contributed by atoms with Crippen LogP contribution in [-0.2, 0) is 13.1 Å². The first kappa shape index (κ1) is 15.5. The van der Waals surface area contributed by atoms with Crippen molar-refractivity contribution in [1.82, 2.24) is 10.2 Å². The van der Waals surface area contributed by atoms with Crippen molar-refractivity contribution in [2.45, 2.75) is 65.5 Å². The Bertz CT molecular complexity index is 450. The standard InChI is InChI=1S/C18H30N2S/c1-3-19-13-17-12-16(15(2)21-17)14-20-10-8-18(9-11-20)6-4-5-7-18/h12,19H,3-11,13-14H2,1-2H3. The molecule has 1 aliphatic heterocycles. The zero-order valence-electron chi connectivity index (χ0n) is 13.7. The molecule has 0 unspecified atom stereocenters. The van der Waals surface area contributed by atoms with Crippen LogP contribution in [-0.4, -0.2) is 24.5 Å². The minimum Gasteiger partial charge on any atom is -0.312 e. The molecular formula is C18H30N2S. The van der Waals surface area contributed by atoms with Gasteiger partial charge in [0.15, 0.2) is 0 Å². The maximum atomic E-state index is 3.44. The molecule has 0 radical (unpaired) electrons. The highest BCUT2D eigenvalue weighted by Crippen LogP contribution is 2.46. The second-order valence-corrected chi connectivity index (χ2v) is 8.40. The lowest BCUT2D eigenvalue weighted by molar-refractivity contribution is 0.103. The van der Waals surface area contributed by atoms with Gasteiger partial charge in [0.05, 0.1) is 0 Å². The highest BCUT2D eigenvalue weighted by molar-refractivity contribution is 7.12. The second kappa shape index (κ2) is 6.80. The molecule has 1 N–H and O–H groups in total. The van der Waals surface area contributed by atoms with Crippen LogP contribution in [0.3, 0.4) is 0 Å². The number of aryl methyl sites for hydroxylation is 1. The summed E-state index contributed by atoms with van der Waals surface area (Å²) in [5.74, 6) is 0.